The average Bonchev–Trinajstić information content (AvgIpc) is 2.30. The summed E-state index contributed by atoms with van der Waals surface area (Å²) in [7, 11) is 0. The molecule has 0 aromatic heterocycles. The largest absolute Gasteiger partial charge is 0.394 e. The zero-order valence-electron chi connectivity index (χ0n) is 10.5. The normalized spacial score (nSPS) is 16.8. The Labute approximate surface area is 98.7 Å². The van der Waals surface area contributed by atoms with Gasteiger partial charge in [-0.05, 0) is 25.8 Å². The van der Waals surface area contributed by atoms with Gasteiger partial charge in [0.1, 0.15) is 0 Å². The van der Waals surface area contributed by atoms with E-state index in [4.69, 9.17) is 0 Å². The monoisotopic (exact) mass is 221 g/mol. The van der Waals surface area contributed by atoms with Crippen molar-refractivity contribution in [1.82, 2.24) is 5.32 Å². The summed E-state index contributed by atoms with van der Waals surface area (Å²) in [5.74, 6) is 0. The minimum absolute atomic E-state index is 0.116. The predicted octanol–water partition coefficient (Wildman–Crippen LogP) is 2.67. The third-order valence-corrected chi connectivity index (χ3v) is 3.01. The minimum atomic E-state index is -0.337. The highest BCUT2D eigenvalue weighted by Crippen LogP contribution is 2.21. The molecule has 0 aliphatic heterocycles. The molecule has 1 rings (SSSR count). The summed E-state index contributed by atoms with van der Waals surface area (Å²) in [6.45, 7) is 6.51. The van der Waals surface area contributed by atoms with Crippen molar-refractivity contribution >= 4 is 0 Å². The van der Waals surface area contributed by atoms with Gasteiger partial charge in [-0.25, -0.2) is 0 Å². The van der Waals surface area contributed by atoms with Gasteiger partial charge >= 0.3 is 0 Å². The zero-order chi connectivity index (χ0) is 12.0. The van der Waals surface area contributed by atoms with Crippen LogP contribution in [0.15, 0.2) is 30.3 Å². The number of benzene rings is 1. The summed E-state index contributed by atoms with van der Waals surface area (Å²) >= 11 is 0. The second kappa shape index (κ2) is 6.02. The lowest BCUT2D eigenvalue weighted by Gasteiger charge is -2.33. The van der Waals surface area contributed by atoms with Gasteiger partial charge < -0.3 is 10.4 Å². The van der Waals surface area contributed by atoms with E-state index in [9.17, 15) is 5.11 Å². The van der Waals surface area contributed by atoms with Crippen molar-refractivity contribution < 1.29 is 5.11 Å². The van der Waals surface area contributed by atoms with Gasteiger partial charge in [0.25, 0.3) is 0 Å². The van der Waals surface area contributed by atoms with Crippen LogP contribution in [0, 0.1) is 0 Å². The van der Waals surface area contributed by atoms with Crippen molar-refractivity contribution in [3.63, 3.8) is 0 Å². The third kappa shape index (κ3) is 3.32. The van der Waals surface area contributed by atoms with Gasteiger partial charge in [-0.1, -0.05) is 43.7 Å². The van der Waals surface area contributed by atoms with Gasteiger partial charge in [0.2, 0.25) is 0 Å². The van der Waals surface area contributed by atoms with Crippen LogP contribution in [-0.4, -0.2) is 17.8 Å². The molecule has 0 amide bonds. The third-order valence-electron chi connectivity index (χ3n) is 3.01. The Bertz CT molecular complexity index is 299. The molecule has 0 heterocycles. The Kier molecular flexibility index (Phi) is 4.97. The fourth-order valence-electron chi connectivity index (χ4n) is 2.08. The van der Waals surface area contributed by atoms with Crippen LogP contribution in [0.3, 0.4) is 0 Å². The molecule has 2 heteroatoms. The van der Waals surface area contributed by atoms with Gasteiger partial charge in [0.05, 0.1) is 12.1 Å². The molecule has 2 atom stereocenters. The van der Waals surface area contributed by atoms with Gasteiger partial charge in [-0.2, -0.15) is 0 Å². The first-order valence-electron chi connectivity index (χ1n) is 6.06. The van der Waals surface area contributed by atoms with Crippen LogP contribution in [0.5, 0.6) is 0 Å². The van der Waals surface area contributed by atoms with E-state index in [2.05, 4.69) is 38.2 Å². The smallest absolute Gasteiger partial charge is 0.0652 e. The van der Waals surface area contributed by atoms with Crippen molar-refractivity contribution in [3.8, 4) is 0 Å². The van der Waals surface area contributed by atoms with Crippen LogP contribution in [0.25, 0.3) is 0 Å². The molecule has 2 nitrogen and oxygen atoms in total. The van der Waals surface area contributed by atoms with E-state index in [1.165, 1.54) is 0 Å². The Morgan fingerprint density at radius 2 is 1.94 bits per heavy atom. The van der Waals surface area contributed by atoms with E-state index >= 15 is 0 Å². The number of nitrogens with one attached hydrogen (secondary N) is 1. The molecule has 0 aliphatic rings. The van der Waals surface area contributed by atoms with E-state index in [-0.39, 0.29) is 12.1 Å². The second-order valence-electron chi connectivity index (χ2n) is 4.69. The predicted molar refractivity (Wildman–Crippen MR) is 68.4 cm³/mol. The van der Waals surface area contributed by atoms with E-state index in [0.717, 1.165) is 18.4 Å². The Morgan fingerprint density at radius 3 is 2.44 bits per heavy atom. The van der Waals surface area contributed by atoms with Crippen LogP contribution < -0.4 is 5.32 Å². The van der Waals surface area contributed by atoms with E-state index in [1.807, 2.05) is 18.2 Å². The minimum Gasteiger partial charge on any atom is -0.394 e. The standard InChI is InChI=1S/C14H23NO/c1-4-8-12(2)15-14(3,11-16)13-9-6-5-7-10-13/h5-7,9-10,12,15-16H,4,8,11H2,1-3H3. The Morgan fingerprint density at radius 1 is 1.31 bits per heavy atom. The van der Waals surface area contributed by atoms with Crippen LogP contribution >= 0.6 is 0 Å². The number of aliphatic hydroxyl groups excluding tert-OH is 1. The highest BCUT2D eigenvalue weighted by molar-refractivity contribution is 5.23. The molecule has 1 aromatic carbocycles. The lowest BCUT2D eigenvalue weighted by atomic mass is 9.91. The molecule has 1 aromatic rings. The quantitative estimate of drug-likeness (QED) is 0.774. The molecule has 2 unspecified atom stereocenters. The number of hydrogen-bond donors (Lipinski definition) is 2. The molecule has 0 radical (unpaired) electrons. The summed E-state index contributed by atoms with van der Waals surface area (Å²) in [6.07, 6.45) is 2.28. The molecule has 2 N–H and O–H groups in total. The van der Waals surface area contributed by atoms with Crippen molar-refractivity contribution in [2.45, 2.75) is 45.2 Å². The summed E-state index contributed by atoms with van der Waals surface area (Å²) in [6, 6.07) is 10.5. The maximum absolute atomic E-state index is 9.59. The zero-order valence-corrected chi connectivity index (χ0v) is 10.5. The SMILES string of the molecule is CCCC(C)NC(C)(CO)c1ccccc1. The van der Waals surface area contributed by atoms with Crippen molar-refractivity contribution in [2.24, 2.45) is 0 Å². The Hall–Kier alpha value is -0.860. The molecule has 0 fully saturated rings. The first-order chi connectivity index (χ1) is 7.62. The van der Waals surface area contributed by atoms with Crippen LogP contribution in [0.2, 0.25) is 0 Å². The number of hydrogen-bond acceptors (Lipinski definition) is 2. The fourth-order valence-corrected chi connectivity index (χ4v) is 2.08. The van der Waals surface area contributed by atoms with Crippen LogP contribution in [0.1, 0.15) is 39.2 Å². The summed E-state index contributed by atoms with van der Waals surface area (Å²) in [5, 5.41) is 13.1. The average molecular weight is 221 g/mol. The molecule has 16 heavy (non-hydrogen) atoms. The maximum Gasteiger partial charge on any atom is 0.0652 e. The summed E-state index contributed by atoms with van der Waals surface area (Å²) in [5.41, 5.74) is 0.802. The van der Waals surface area contributed by atoms with Gasteiger partial charge in [-0.15, -0.1) is 0 Å². The lowest BCUT2D eigenvalue weighted by molar-refractivity contribution is 0.161. The second-order valence-corrected chi connectivity index (χ2v) is 4.69. The van der Waals surface area contributed by atoms with Gasteiger partial charge in [0.15, 0.2) is 0 Å². The van der Waals surface area contributed by atoms with E-state index in [0.29, 0.717) is 6.04 Å². The lowest BCUT2D eigenvalue weighted by Crippen LogP contribution is -2.47. The van der Waals surface area contributed by atoms with Gasteiger partial charge in [0, 0.05) is 6.04 Å². The van der Waals surface area contributed by atoms with Crippen molar-refractivity contribution in [2.75, 3.05) is 6.61 Å². The van der Waals surface area contributed by atoms with Crippen LogP contribution in [-0.2, 0) is 5.54 Å². The van der Waals surface area contributed by atoms with Crippen molar-refractivity contribution in [1.29, 1.82) is 0 Å². The number of aliphatic hydroxyl groups is 1. The first kappa shape index (κ1) is 13.2. The molecule has 90 valence electrons. The highest BCUT2D eigenvalue weighted by Gasteiger charge is 2.26. The molecule has 0 bridgehead atoms. The molecule has 0 saturated carbocycles. The van der Waals surface area contributed by atoms with Crippen LogP contribution in [0.4, 0.5) is 0 Å². The topological polar surface area (TPSA) is 32.3 Å². The molecule has 0 spiro atoms. The maximum atomic E-state index is 9.59. The van der Waals surface area contributed by atoms with Gasteiger partial charge in [-0.3, -0.25) is 0 Å². The molecular formula is C14H23NO. The summed E-state index contributed by atoms with van der Waals surface area (Å²) in [4.78, 5) is 0. The Balaban J connectivity index is 2.78. The summed E-state index contributed by atoms with van der Waals surface area (Å²) < 4.78 is 0. The van der Waals surface area contributed by atoms with E-state index < -0.39 is 0 Å². The fraction of sp³-hybridized carbons (Fsp3) is 0.571. The molecule has 0 saturated heterocycles. The highest BCUT2D eigenvalue weighted by atomic mass is 16.3. The van der Waals surface area contributed by atoms with E-state index in [1.54, 1.807) is 0 Å². The molecule has 0 aliphatic carbocycles. The van der Waals surface area contributed by atoms with Crippen molar-refractivity contribution in [3.05, 3.63) is 35.9 Å². The number of rotatable bonds is 6. The first-order valence-corrected chi connectivity index (χ1v) is 6.06. The molecular weight excluding hydrogens is 198 g/mol.